The lowest BCUT2D eigenvalue weighted by Gasteiger charge is -2.13. The molecular weight excluding hydrogens is 494 g/mol. The van der Waals surface area contributed by atoms with Crippen molar-refractivity contribution in [3.05, 3.63) is 82.9 Å². The van der Waals surface area contributed by atoms with Gasteiger partial charge in [0.25, 0.3) is 11.1 Å². The van der Waals surface area contributed by atoms with Crippen molar-refractivity contribution in [2.24, 2.45) is 28.2 Å². The van der Waals surface area contributed by atoms with E-state index in [9.17, 15) is 19.2 Å². The Hall–Kier alpha value is -3.93. The smallest absolute Gasteiger partial charge is 0.295 e. The summed E-state index contributed by atoms with van der Waals surface area (Å²) in [5, 5.41) is 0.301. The molecule has 0 spiro atoms. The van der Waals surface area contributed by atoms with Gasteiger partial charge >= 0.3 is 11.4 Å². The third-order valence-electron chi connectivity index (χ3n) is 5.91. The van der Waals surface area contributed by atoms with Gasteiger partial charge in [0.1, 0.15) is 6.33 Å². The predicted molar refractivity (Wildman–Crippen MR) is 127 cm³/mol. The summed E-state index contributed by atoms with van der Waals surface area (Å²) in [5.41, 5.74) is -0.121. The van der Waals surface area contributed by atoms with Crippen LogP contribution in [0.3, 0.4) is 0 Å². The first-order chi connectivity index (χ1) is 15.6. The summed E-state index contributed by atoms with van der Waals surface area (Å²) in [7, 11) is 5.92. The molecule has 0 radical (unpaired) electrons. The van der Waals surface area contributed by atoms with E-state index in [1.54, 1.807) is 17.9 Å². The Morgan fingerprint density at radius 2 is 1.42 bits per heavy atom. The third kappa shape index (κ3) is 2.70. The first kappa shape index (κ1) is 20.9. The summed E-state index contributed by atoms with van der Waals surface area (Å²) < 4.78 is 8.50. The van der Waals surface area contributed by atoms with Crippen LogP contribution in [0.4, 0.5) is 0 Å². The maximum Gasteiger partial charge on any atom is 0.332 e. The standard InChI is InChI=1S/C21H18BrN7O4/c1-24-13-9-28(29-10-23-17-16(29)19(31)27(4)21(33)25(17)2)15(11-7-5-6-8-12(11)22)14(13)18(30)26(3)20(24)32/h5-10H,1-4H3. The minimum absolute atomic E-state index is 0.148. The molecule has 0 unspecified atom stereocenters. The molecule has 4 heterocycles. The van der Waals surface area contributed by atoms with Gasteiger partial charge in [-0.25, -0.2) is 19.2 Å². The van der Waals surface area contributed by atoms with Gasteiger partial charge in [-0.05, 0) is 6.07 Å². The van der Waals surface area contributed by atoms with Gasteiger partial charge in [-0.1, -0.05) is 34.1 Å². The first-order valence-electron chi connectivity index (χ1n) is 9.84. The highest BCUT2D eigenvalue weighted by Crippen LogP contribution is 2.33. The summed E-state index contributed by atoms with van der Waals surface area (Å²) in [6.45, 7) is 0. The highest BCUT2D eigenvalue weighted by atomic mass is 79.9. The minimum Gasteiger partial charge on any atom is -0.295 e. The average molecular weight is 512 g/mol. The molecule has 5 rings (SSSR count). The summed E-state index contributed by atoms with van der Waals surface area (Å²) in [4.78, 5) is 55.6. The topological polar surface area (TPSA) is 111 Å². The number of aromatic nitrogens is 7. The summed E-state index contributed by atoms with van der Waals surface area (Å²) in [6, 6.07) is 7.33. The van der Waals surface area contributed by atoms with E-state index < -0.39 is 22.5 Å². The Labute approximate surface area is 193 Å². The van der Waals surface area contributed by atoms with Gasteiger partial charge in [-0.15, -0.1) is 0 Å². The molecule has 1 aromatic carbocycles. The molecule has 0 atom stereocenters. The van der Waals surface area contributed by atoms with Crippen LogP contribution in [0, 0.1) is 0 Å². The van der Waals surface area contributed by atoms with Crippen molar-refractivity contribution in [1.82, 2.24) is 32.6 Å². The monoisotopic (exact) mass is 511 g/mol. The van der Waals surface area contributed by atoms with Crippen LogP contribution in [0.2, 0.25) is 0 Å². The molecule has 0 N–H and O–H groups in total. The molecule has 0 aliphatic rings. The summed E-state index contributed by atoms with van der Waals surface area (Å²) in [6.07, 6.45) is 3.02. The minimum atomic E-state index is -0.539. The van der Waals surface area contributed by atoms with Crippen LogP contribution >= 0.6 is 15.9 Å². The van der Waals surface area contributed by atoms with E-state index in [-0.39, 0.29) is 11.2 Å². The summed E-state index contributed by atoms with van der Waals surface area (Å²) in [5.74, 6) is 0. The number of benzene rings is 1. The Balaban J connectivity index is 2.06. The molecule has 0 amide bonds. The van der Waals surface area contributed by atoms with Crippen LogP contribution in [0.1, 0.15) is 0 Å². The van der Waals surface area contributed by atoms with Crippen molar-refractivity contribution in [1.29, 1.82) is 0 Å². The second-order valence-corrected chi connectivity index (χ2v) is 8.59. The number of rotatable bonds is 2. The predicted octanol–water partition coefficient (Wildman–Crippen LogP) is 0.527. The van der Waals surface area contributed by atoms with Gasteiger partial charge < -0.3 is 0 Å². The van der Waals surface area contributed by atoms with Crippen LogP contribution in [0.15, 0.2) is 60.4 Å². The van der Waals surface area contributed by atoms with Crippen molar-refractivity contribution in [2.75, 3.05) is 0 Å². The molecule has 11 nitrogen and oxygen atoms in total. The van der Waals surface area contributed by atoms with Gasteiger partial charge in [0.05, 0.1) is 22.8 Å². The molecule has 0 aliphatic carbocycles. The number of hydrogen-bond donors (Lipinski definition) is 0. The Kier molecular flexibility index (Phi) is 4.47. The number of imidazole rings is 1. The maximum atomic E-state index is 13.3. The number of halogens is 1. The second-order valence-electron chi connectivity index (χ2n) is 7.74. The average Bonchev–Trinajstić information content (AvgIpc) is 3.41. The van der Waals surface area contributed by atoms with Crippen LogP contribution in [-0.2, 0) is 28.2 Å². The quantitative estimate of drug-likeness (QED) is 0.343. The number of hydrogen-bond acceptors (Lipinski definition) is 5. The lowest BCUT2D eigenvalue weighted by atomic mass is 10.1. The van der Waals surface area contributed by atoms with Crippen LogP contribution in [0.5, 0.6) is 0 Å². The van der Waals surface area contributed by atoms with Crippen molar-refractivity contribution in [2.45, 2.75) is 0 Å². The highest BCUT2D eigenvalue weighted by Gasteiger charge is 2.24. The largest absolute Gasteiger partial charge is 0.332 e. The van der Waals surface area contributed by atoms with Gasteiger partial charge in [-0.2, -0.15) is 0 Å². The van der Waals surface area contributed by atoms with Crippen molar-refractivity contribution >= 4 is 38.0 Å². The zero-order valence-electron chi connectivity index (χ0n) is 18.1. The van der Waals surface area contributed by atoms with E-state index in [1.165, 1.54) is 41.3 Å². The molecular formula is C21H18BrN7O4. The molecule has 33 heavy (non-hydrogen) atoms. The van der Waals surface area contributed by atoms with E-state index in [0.29, 0.717) is 26.6 Å². The first-order valence-corrected chi connectivity index (χ1v) is 10.6. The van der Waals surface area contributed by atoms with E-state index in [4.69, 9.17) is 0 Å². The van der Waals surface area contributed by atoms with Gasteiger partial charge in [0.2, 0.25) is 0 Å². The van der Waals surface area contributed by atoms with E-state index >= 15 is 0 Å². The summed E-state index contributed by atoms with van der Waals surface area (Å²) >= 11 is 3.55. The molecule has 0 fully saturated rings. The molecule has 0 aliphatic heterocycles. The number of fused-ring (bicyclic) bond motifs is 2. The van der Waals surface area contributed by atoms with Crippen LogP contribution < -0.4 is 22.5 Å². The van der Waals surface area contributed by atoms with Crippen LogP contribution in [-0.4, -0.2) is 32.6 Å². The molecule has 12 heteroatoms. The lowest BCUT2D eigenvalue weighted by Crippen LogP contribution is -2.38. The molecule has 0 saturated heterocycles. The number of aryl methyl sites for hydroxylation is 2. The Morgan fingerprint density at radius 1 is 0.788 bits per heavy atom. The zero-order chi connectivity index (χ0) is 23.8. The van der Waals surface area contributed by atoms with E-state index in [2.05, 4.69) is 20.9 Å². The second kappa shape index (κ2) is 7.04. The van der Waals surface area contributed by atoms with Gasteiger partial charge in [0, 0.05) is 38.2 Å². The van der Waals surface area contributed by atoms with E-state index in [0.717, 1.165) is 9.13 Å². The van der Waals surface area contributed by atoms with Crippen molar-refractivity contribution in [3.63, 3.8) is 0 Å². The fraction of sp³-hybridized carbons (Fsp3) is 0.190. The zero-order valence-corrected chi connectivity index (χ0v) is 19.7. The van der Waals surface area contributed by atoms with Gasteiger partial charge in [0.15, 0.2) is 11.2 Å². The molecule has 0 saturated carbocycles. The van der Waals surface area contributed by atoms with Crippen molar-refractivity contribution in [3.8, 4) is 11.3 Å². The number of nitrogens with zero attached hydrogens (tertiary/aromatic N) is 7. The molecule has 0 bridgehead atoms. The highest BCUT2D eigenvalue weighted by molar-refractivity contribution is 9.10. The Morgan fingerprint density at radius 3 is 2.12 bits per heavy atom. The lowest BCUT2D eigenvalue weighted by molar-refractivity contribution is 0.670. The van der Waals surface area contributed by atoms with Gasteiger partial charge in [-0.3, -0.25) is 32.5 Å². The third-order valence-corrected chi connectivity index (χ3v) is 6.60. The maximum absolute atomic E-state index is 13.3. The van der Waals surface area contributed by atoms with E-state index in [1.807, 2.05) is 24.3 Å². The van der Waals surface area contributed by atoms with Crippen molar-refractivity contribution < 1.29 is 0 Å². The normalized spacial score (nSPS) is 11.7. The van der Waals surface area contributed by atoms with Crippen LogP contribution in [0.25, 0.3) is 33.3 Å². The Bertz CT molecular complexity index is 1860. The SMILES string of the molecule is Cn1c(=O)c2c(-c3ccccc3Br)n(-n3cnc4c3c(=O)n(C)c(=O)n4C)cc2n(C)c1=O. The fourth-order valence-corrected chi connectivity index (χ4v) is 4.58. The molecule has 5 aromatic rings. The molecule has 168 valence electrons. The fourth-order valence-electron chi connectivity index (χ4n) is 4.10. The molecule has 4 aromatic heterocycles.